The SMILES string of the molecule is C1=CC2=C(CC1)C1C=c3ccccc3=CC1C2(c1ccc(OCC2CO2)cc1)C1C=CC(OCC2CO2)=CC1. The first-order valence-corrected chi connectivity index (χ1v) is 14.5. The van der Waals surface area contributed by atoms with E-state index in [0.29, 0.717) is 31.0 Å². The van der Waals surface area contributed by atoms with E-state index in [1.54, 1.807) is 5.57 Å². The monoisotopic (exact) mass is 518 g/mol. The van der Waals surface area contributed by atoms with Gasteiger partial charge >= 0.3 is 0 Å². The second-order valence-electron chi connectivity index (χ2n) is 11.6. The number of epoxide rings is 2. The standard InChI is InChI=1S/C35H34O4/c1-2-6-24-18-34-32(17-23(24)5-1)31-7-3-4-8-33(31)35(34,25-9-13-27(14-10-25)36-19-29-21-38-29)26-11-15-28(16-12-26)37-20-30-22-39-30/h1-2,4-6,8-11,13-18,26,29-30,32,34H,3,7,12,19-22H2. The molecule has 2 aromatic carbocycles. The van der Waals surface area contributed by atoms with E-state index < -0.39 is 0 Å². The molecule has 6 unspecified atom stereocenters. The Balaban J connectivity index is 1.24. The minimum Gasteiger partial charge on any atom is -0.491 e. The van der Waals surface area contributed by atoms with E-state index in [1.807, 2.05) is 0 Å². The van der Waals surface area contributed by atoms with Crippen LogP contribution >= 0.6 is 0 Å². The van der Waals surface area contributed by atoms with Crippen LogP contribution in [0.15, 0.2) is 95.8 Å². The fraction of sp³-hybridized carbons (Fsp3) is 0.371. The number of fused-ring (bicyclic) bond motifs is 3. The van der Waals surface area contributed by atoms with Gasteiger partial charge in [0.15, 0.2) is 0 Å². The molecule has 2 aliphatic heterocycles. The van der Waals surface area contributed by atoms with Crippen LogP contribution in [-0.4, -0.2) is 38.6 Å². The number of benzene rings is 2. The van der Waals surface area contributed by atoms with Crippen LogP contribution in [0.2, 0.25) is 0 Å². The molecule has 0 aromatic heterocycles. The first-order valence-electron chi connectivity index (χ1n) is 14.5. The van der Waals surface area contributed by atoms with Crippen molar-refractivity contribution in [2.75, 3.05) is 26.4 Å². The van der Waals surface area contributed by atoms with Gasteiger partial charge in [-0.25, -0.2) is 0 Å². The maximum atomic E-state index is 6.07. The molecule has 2 heterocycles. The van der Waals surface area contributed by atoms with Crippen LogP contribution in [0, 0.1) is 17.8 Å². The molecular weight excluding hydrogens is 484 g/mol. The van der Waals surface area contributed by atoms with Crippen molar-refractivity contribution in [3.05, 3.63) is 112 Å². The van der Waals surface area contributed by atoms with E-state index in [4.69, 9.17) is 18.9 Å². The Hall–Kier alpha value is -3.34. The first-order chi connectivity index (χ1) is 19.3. The molecule has 6 atom stereocenters. The zero-order valence-electron chi connectivity index (χ0n) is 22.1. The third-order valence-electron chi connectivity index (χ3n) is 9.34. The molecule has 0 N–H and O–H groups in total. The highest BCUT2D eigenvalue weighted by Crippen LogP contribution is 2.61. The van der Waals surface area contributed by atoms with Gasteiger partial charge < -0.3 is 18.9 Å². The smallest absolute Gasteiger partial charge is 0.119 e. The van der Waals surface area contributed by atoms with Crippen LogP contribution in [0.4, 0.5) is 0 Å². The Morgan fingerprint density at radius 1 is 0.846 bits per heavy atom. The molecule has 6 aliphatic rings. The quantitative estimate of drug-likeness (QED) is 0.474. The Morgan fingerprint density at radius 3 is 2.31 bits per heavy atom. The maximum absolute atomic E-state index is 6.07. The highest BCUT2D eigenvalue weighted by molar-refractivity contribution is 5.65. The zero-order chi connectivity index (χ0) is 25.8. The van der Waals surface area contributed by atoms with Crippen molar-refractivity contribution >= 4 is 12.2 Å². The number of hydrogen-bond donors (Lipinski definition) is 0. The van der Waals surface area contributed by atoms with Crippen molar-refractivity contribution < 1.29 is 18.9 Å². The minimum absolute atomic E-state index is 0.169. The van der Waals surface area contributed by atoms with Gasteiger partial charge in [0.05, 0.1) is 13.2 Å². The fourth-order valence-corrected chi connectivity index (χ4v) is 7.34. The van der Waals surface area contributed by atoms with Crippen molar-refractivity contribution in [1.29, 1.82) is 0 Å². The summed E-state index contributed by atoms with van der Waals surface area (Å²) in [5.74, 6) is 2.94. The topological polar surface area (TPSA) is 43.5 Å². The fourth-order valence-electron chi connectivity index (χ4n) is 7.34. The molecule has 2 aromatic rings. The average molecular weight is 519 g/mol. The van der Waals surface area contributed by atoms with Crippen molar-refractivity contribution in [3.63, 3.8) is 0 Å². The van der Waals surface area contributed by atoms with Crippen LogP contribution in [0.1, 0.15) is 24.8 Å². The van der Waals surface area contributed by atoms with E-state index in [2.05, 4.69) is 91.1 Å². The van der Waals surface area contributed by atoms with E-state index in [0.717, 1.165) is 44.0 Å². The van der Waals surface area contributed by atoms with Gasteiger partial charge in [0.2, 0.25) is 0 Å². The number of rotatable bonds is 8. The second kappa shape index (κ2) is 9.39. The summed E-state index contributed by atoms with van der Waals surface area (Å²) in [6.45, 7) is 2.89. The van der Waals surface area contributed by atoms with E-state index in [9.17, 15) is 0 Å². The molecule has 8 rings (SSSR count). The van der Waals surface area contributed by atoms with Gasteiger partial charge in [-0.05, 0) is 71.0 Å². The lowest BCUT2D eigenvalue weighted by Crippen LogP contribution is -2.45. The third kappa shape index (κ3) is 4.13. The lowest BCUT2D eigenvalue weighted by atomic mass is 9.57. The van der Waals surface area contributed by atoms with Gasteiger partial charge in [0.1, 0.15) is 36.9 Å². The summed E-state index contributed by atoms with van der Waals surface area (Å²) in [6, 6.07) is 17.8. The normalized spacial score (nSPS) is 33.2. The second-order valence-corrected chi connectivity index (χ2v) is 11.6. The molecule has 0 spiro atoms. The number of hydrogen-bond acceptors (Lipinski definition) is 4. The van der Waals surface area contributed by atoms with Crippen LogP contribution < -0.4 is 15.2 Å². The van der Waals surface area contributed by atoms with Gasteiger partial charge in [-0.1, -0.05) is 72.4 Å². The van der Waals surface area contributed by atoms with Gasteiger partial charge in [-0.3, -0.25) is 0 Å². The van der Waals surface area contributed by atoms with Crippen LogP contribution in [0.5, 0.6) is 5.75 Å². The van der Waals surface area contributed by atoms with Gasteiger partial charge in [0.25, 0.3) is 0 Å². The third-order valence-corrected chi connectivity index (χ3v) is 9.34. The Morgan fingerprint density at radius 2 is 1.59 bits per heavy atom. The predicted molar refractivity (Wildman–Crippen MR) is 151 cm³/mol. The van der Waals surface area contributed by atoms with Gasteiger partial charge in [-0.15, -0.1) is 0 Å². The molecule has 2 fully saturated rings. The van der Waals surface area contributed by atoms with Gasteiger partial charge in [0, 0.05) is 17.3 Å². The molecule has 2 saturated heterocycles. The summed E-state index contributed by atoms with van der Waals surface area (Å²) in [5, 5.41) is 2.71. The summed E-state index contributed by atoms with van der Waals surface area (Å²) in [6.07, 6.45) is 20.6. The van der Waals surface area contributed by atoms with Gasteiger partial charge in [-0.2, -0.15) is 0 Å². The molecule has 0 radical (unpaired) electrons. The summed E-state index contributed by atoms with van der Waals surface area (Å²) >= 11 is 0. The summed E-state index contributed by atoms with van der Waals surface area (Å²) in [4.78, 5) is 0. The highest BCUT2D eigenvalue weighted by atomic mass is 16.6. The zero-order valence-corrected chi connectivity index (χ0v) is 22.1. The average Bonchev–Trinajstić information content (AvgIpc) is 3.93. The summed E-state index contributed by atoms with van der Waals surface area (Å²) in [7, 11) is 0. The molecular formula is C35H34O4. The largest absolute Gasteiger partial charge is 0.491 e. The lowest BCUT2D eigenvalue weighted by Gasteiger charge is -2.45. The summed E-state index contributed by atoms with van der Waals surface area (Å²) in [5.41, 5.74) is 4.33. The number of ether oxygens (including phenoxy) is 4. The lowest BCUT2D eigenvalue weighted by molar-refractivity contribution is 0.188. The molecule has 39 heavy (non-hydrogen) atoms. The van der Waals surface area contributed by atoms with Crippen molar-refractivity contribution in [2.24, 2.45) is 17.8 Å². The van der Waals surface area contributed by atoms with Crippen LogP contribution in [0.25, 0.3) is 12.2 Å². The Kier molecular flexibility index (Phi) is 5.67. The van der Waals surface area contributed by atoms with Crippen molar-refractivity contribution in [2.45, 2.75) is 36.9 Å². The Bertz CT molecular complexity index is 1520. The minimum atomic E-state index is -0.169. The molecule has 0 amide bonds. The molecule has 4 heteroatoms. The molecule has 0 saturated carbocycles. The van der Waals surface area contributed by atoms with Crippen molar-refractivity contribution in [1.82, 2.24) is 0 Å². The summed E-state index contributed by atoms with van der Waals surface area (Å²) < 4.78 is 22.8. The van der Waals surface area contributed by atoms with E-state index >= 15 is 0 Å². The maximum Gasteiger partial charge on any atom is 0.119 e. The van der Waals surface area contributed by atoms with Crippen LogP contribution in [-0.2, 0) is 19.6 Å². The first kappa shape index (κ1) is 23.5. The molecule has 4 aliphatic carbocycles. The van der Waals surface area contributed by atoms with Crippen LogP contribution in [0.3, 0.4) is 0 Å². The molecule has 198 valence electrons. The molecule has 4 nitrogen and oxygen atoms in total. The number of allylic oxidation sites excluding steroid dienone is 7. The predicted octanol–water partition coefficient (Wildman–Crippen LogP) is 4.74. The van der Waals surface area contributed by atoms with E-state index in [-0.39, 0.29) is 17.6 Å². The van der Waals surface area contributed by atoms with Crippen molar-refractivity contribution in [3.8, 4) is 5.75 Å². The Labute approximate surface area is 229 Å². The highest BCUT2D eigenvalue weighted by Gasteiger charge is 2.56. The van der Waals surface area contributed by atoms with E-state index in [1.165, 1.54) is 21.6 Å². The molecule has 0 bridgehead atoms.